The third-order valence-corrected chi connectivity index (χ3v) is 3.72. The molecule has 1 nitrogen and oxygen atoms in total. The lowest BCUT2D eigenvalue weighted by Crippen LogP contribution is -1.92. The number of fused-ring (bicyclic) bond motifs is 1. The molecule has 3 heteroatoms. The predicted octanol–water partition coefficient (Wildman–Crippen LogP) is 3.78. The molecule has 0 unspecified atom stereocenters. The van der Waals surface area contributed by atoms with Crippen LogP contribution in [0.15, 0.2) is 17.5 Å². The van der Waals surface area contributed by atoms with Crippen LogP contribution in [0.1, 0.15) is 18.1 Å². The maximum Gasteiger partial charge on any atom is 0.0488 e. The molecule has 0 radical (unpaired) electrons. The number of nitrogen functional groups attached to an aromatic ring is 1. The Hall–Kier alpha value is -0.730. The van der Waals surface area contributed by atoms with E-state index in [2.05, 4.69) is 24.4 Å². The fourth-order valence-electron chi connectivity index (χ4n) is 1.60. The number of anilines is 1. The van der Waals surface area contributed by atoms with E-state index in [0.29, 0.717) is 5.88 Å². The zero-order valence-corrected chi connectivity index (χ0v) is 9.58. The Labute approximate surface area is 92.5 Å². The standard InChI is InChI=1S/C11H12ClNS/c1-2-7-3-9-8(5-12)6-14-11(9)4-10(7)13/h3-4,6H,2,5,13H2,1H3. The van der Waals surface area contributed by atoms with Crippen LogP contribution in [0.4, 0.5) is 5.69 Å². The highest BCUT2D eigenvalue weighted by Gasteiger charge is 2.06. The van der Waals surface area contributed by atoms with Gasteiger partial charge in [-0.05, 0) is 40.4 Å². The number of rotatable bonds is 2. The highest BCUT2D eigenvalue weighted by atomic mass is 35.5. The molecule has 74 valence electrons. The number of hydrogen-bond donors (Lipinski definition) is 1. The van der Waals surface area contributed by atoms with E-state index in [4.69, 9.17) is 17.3 Å². The Kier molecular flexibility index (Phi) is 2.66. The van der Waals surface area contributed by atoms with Crippen molar-refractivity contribution in [3.63, 3.8) is 0 Å². The number of hydrogen-bond acceptors (Lipinski definition) is 2. The summed E-state index contributed by atoms with van der Waals surface area (Å²) in [6.07, 6.45) is 0.972. The second-order valence-corrected chi connectivity index (χ2v) is 4.47. The first kappa shape index (κ1) is 9.81. The Bertz CT molecular complexity index is 462. The molecule has 2 aromatic rings. The Morgan fingerprint density at radius 3 is 2.79 bits per heavy atom. The molecule has 0 fully saturated rings. The smallest absolute Gasteiger partial charge is 0.0488 e. The number of halogens is 1. The molecule has 2 rings (SSSR count). The van der Waals surface area contributed by atoms with Gasteiger partial charge in [-0.3, -0.25) is 0 Å². The van der Waals surface area contributed by atoms with Crippen molar-refractivity contribution in [2.24, 2.45) is 0 Å². The van der Waals surface area contributed by atoms with Gasteiger partial charge in [-0.15, -0.1) is 22.9 Å². The van der Waals surface area contributed by atoms with Crippen molar-refractivity contribution in [3.05, 3.63) is 28.6 Å². The highest BCUT2D eigenvalue weighted by Crippen LogP contribution is 2.31. The summed E-state index contributed by atoms with van der Waals surface area (Å²) in [4.78, 5) is 0. The van der Waals surface area contributed by atoms with Crippen LogP contribution in [-0.4, -0.2) is 0 Å². The molecule has 1 aromatic heterocycles. The average molecular weight is 226 g/mol. The van der Waals surface area contributed by atoms with Crippen LogP contribution in [0.3, 0.4) is 0 Å². The minimum absolute atomic E-state index is 0.576. The van der Waals surface area contributed by atoms with Gasteiger partial charge in [0, 0.05) is 16.3 Å². The van der Waals surface area contributed by atoms with Crippen molar-refractivity contribution in [1.82, 2.24) is 0 Å². The monoisotopic (exact) mass is 225 g/mol. The van der Waals surface area contributed by atoms with Crippen molar-refractivity contribution in [3.8, 4) is 0 Å². The molecule has 0 saturated carbocycles. The van der Waals surface area contributed by atoms with E-state index < -0.39 is 0 Å². The summed E-state index contributed by atoms with van der Waals surface area (Å²) < 4.78 is 1.23. The molecule has 0 aliphatic carbocycles. The van der Waals surface area contributed by atoms with E-state index in [0.717, 1.165) is 12.1 Å². The summed E-state index contributed by atoms with van der Waals surface area (Å²) in [5.74, 6) is 0.576. The SMILES string of the molecule is CCc1cc2c(CCl)csc2cc1N. The summed E-state index contributed by atoms with van der Waals surface area (Å²) in [5.41, 5.74) is 9.23. The van der Waals surface area contributed by atoms with Gasteiger partial charge >= 0.3 is 0 Å². The highest BCUT2D eigenvalue weighted by molar-refractivity contribution is 7.17. The molecular formula is C11H12ClNS. The van der Waals surface area contributed by atoms with E-state index >= 15 is 0 Å². The van der Waals surface area contributed by atoms with Crippen LogP contribution in [0.5, 0.6) is 0 Å². The van der Waals surface area contributed by atoms with Crippen molar-refractivity contribution in [2.45, 2.75) is 19.2 Å². The first-order valence-electron chi connectivity index (χ1n) is 4.60. The molecule has 2 N–H and O–H groups in total. The van der Waals surface area contributed by atoms with Crippen molar-refractivity contribution in [2.75, 3.05) is 5.73 Å². The molecule has 0 amide bonds. The zero-order valence-electron chi connectivity index (χ0n) is 8.01. The predicted molar refractivity (Wildman–Crippen MR) is 65.2 cm³/mol. The fraction of sp³-hybridized carbons (Fsp3) is 0.273. The molecule has 0 aliphatic heterocycles. The van der Waals surface area contributed by atoms with E-state index in [-0.39, 0.29) is 0 Å². The van der Waals surface area contributed by atoms with Crippen LogP contribution in [0.25, 0.3) is 10.1 Å². The Morgan fingerprint density at radius 2 is 2.14 bits per heavy atom. The van der Waals surface area contributed by atoms with E-state index in [1.165, 1.54) is 21.2 Å². The number of alkyl halides is 1. The van der Waals surface area contributed by atoms with Gasteiger partial charge in [0.15, 0.2) is 0 Å². The summed E-state index contributed by atoms with van der Waals surface area (Å²) in [6.45, 7) is 2.12. The molecule has 0 spiro atoms. The third kappa shape index (κ3) is 1.49. The van der Waals surface area contributed by atoms with Crippen LogP contribution >= 0.6 is 22.9 Å². The minimum atomic E-state index is 0.576. The number of thiophene rings is 1. The minimum Gasteiger partial charge on any atom is -0.398 e. The molecule has 0 bridgehead atoms. The van der Waals surface area contributed by atoms with Crippen molar-refractivity contribution in [1.29, 1.82) is 0 Å². The molecule has 0 atom stereocenters. The van der Waals surface area contributed by atoms with Gasteiger partial charge in [0.05, 0.1) is 0 Å². The first-order valence-corrected chi connectivity index (χ1v) is 6.02. The summed E-state index contributed by atoms with van der Waals surface area (Å²) in [6, 6.07) is 4.22. The summed E-state index contributed by atoms with van der Waals surface area (Å²) in [5, 5.41) is 3.37. The molecular weight excluding hydrogens is 214 g/mol. The number of aryl methyl sites for hydroxylation is 1. The van der Waals surface area contributed by atoms with E-state index in [9.17, 15) is 0 Å². The Balaban J connectivity index is 2.70. The first-order chi connectivity index (χ1) is 6.76. The van der Waals surface area contributed by atoms with Gasteiger partial charge in [-0.2, -0.15) is 0 Å². The zero-order chi connectivity index (χ0) is 10.1. The quantitative estimate of drug-likeness (QED) is 0.611. The second kappa shape index (κ2) is 3.79. The van der Waals surface area contributed by atoms with Crippen LogP contribution in [0.2, 0.25) is 0 Å². The lowest BCUT2D eigenvalue weighted by molar-refractivity contribution is 1.15. The Morgan fingerprint density at radius 1 is 1.36 bits per heavy atom. The van der Waals surface area contributed by atoms with Crippen molar-refractivity contribution >= 4 is 38.7 Å². The maximum absolute atomic E-state index is 5.92. The van der Waals surface area contributed by atoms with Crippen LogP contribution in [0, 0.1) is 0 Å². The number of nitrogens with two attached hydrogens (primary N) is 1. The second-order valence-electron chi connectivity index (χ2n) is 3.30. The molecule has 0 aliphatic rings. The maximum atomic E-state index is 5.92. The van der Waals surface area contributed by atoms with Crippen molar-refractivity contribution < 1.29 is 0 Å². The molecule has 14 heavy (non-hydrogen) atoms. The van der Waals surface area contributed by atoms with Crippen LogP contribution < -0.4 is 5.73 Å². The fourth-order valence-corrected chi connectivity index (χ4v) is 2.90. The largest absolute Gasteiger partial charge is 0.398 e. The third-order valence-electron chi connectivity index (χ3n) is 2.44. The summed E-state index contributed by atoms with van der Waals surface area (Å²) in [7, 11) is 0. The lowest BCUT2D eigenvalue weighted by atomic mass is 10.1. The van der Waals surface area contributed by atoms with Gasteiger partial charge < -0.3 is 5.73 Å². The van der Waals surface area contributed by atoms with Gasteiger partial charge in [-0.1, -0.05) is 6.92 Å². The van der Waals surface area contributed by atoms with Gasteiger partial charge in [0.2, 0.25) is 0 Å². The summed E-state index contributed by atoms with van der Waals surface area (Å²) >= 11 is 7.57. The number of benzene rings is 1. The van der Waals surface area contributed by atoms with Crippen LogP contribution in [-0.2, 0) is 12.3 Å². The van der Waals surface area contributed by atoms with Gasteiger partial charge in [-0.25, -0.2) is 0 Å². The van der Waals surface area contributed by atoms with E-state index in [1.54, 1.807) is 11.3 Å². The van der Waals surface area contributed by atoms with E-state index in [1.807, 2.05) is 0 Å². The topological polar surface area (TPSA) is 26.0 Å². The molecule has 0 saturated heterocycles. The molecule has 1 aromatic carbocycles. The molecule has 1 heterocycles. The van der Waals surface area contributed by atoms with Gasteiger partial charge in [0.25, 0.3) is 0 Å². The van der Waals surface area contributed by atoms with Gasteiger partial charge in [0.1, 0.15) is 0 Å². The average Bonchev–Trinajstić information content (AvgIpc) is 2.58. The normalized spacial score (nSPS) is 11.0. The lowest BCUT2D eigenvalue weighted by Gasteiger charge is -2.03.